The van der Waals surface area contributed by atoms with Gasteiger partial charge in [-0.1, -0.05) is 9.93 Å². The SMILES string of the molecule is CCN(c1nc(N2CC(O)C2)nc2c1[SH](C)(=O)CC2)C1CCOCC1. The number of rotatable bonds is 4. The maximum atomic E-state index is 13.2. The third-order valence-corrected chi connectivity index (χ3v) is 8.04. The monoisotopic (exact) mass is 368 g/mol. The molecule has 3 aliphatic heterocycles. The van der Waals surface area contributed by atoms with Gasteiger partial charge in [0.25, 0.3) is 0 Å². The minimum atomic E-state index is -2.41. The molecule has 0 saturated carbocycles. The maximum Gasteiger partial charge on any atom is 0.227 e. The molecule has 0 bridgehead atoms. The van der Waals surface area contributed by atoms with Crippen molar-refractivity contribution in [3.63, 3.8) is 0 Å². The van der Waals surface area contributed by atoms with Crippen molar-refractivity contribution in [1.82, 2.24) is 9.97 Å². The molecule has 0 spiro atoms. The van der Waals surface area contributed by atoms with Crippen LogP contribution in [0.2, 0.25) is 0 Å². The first-order chi connectivity index (χ1) is 12.0. The van der Waals surface area contributed by atoms with E-state index < -0.39 is 9.93 Å². The van der Waals surface area contributed by atoms with Crippen molar-refractivity contribution in [2.24, 2.45) is 0 Å². The fourth-order valence-corrected chi connectivity index (χ4v) is 6.27. The van der Waals surface area contributed by atoms with E-state index in [4.69, 9.17) is 14.7 Å². The molecular weight excluding hydrogens is 340 g/mol. The van der Waals surface area contributed by atoms with E-state index in [-0.39, 0.29) is 6.10 Å². The number of thiol groups is 1. The normalized spacial score (nSPS) is 24.7. The number of nitrogens with zero attached hydrogens (tertiary/aromatic N) is 4. The van der Waals surface area contributed by atoms with E-state index in [0.29, 0.717) is 30.8 Å². The van der Waals surface area contributed by atoms with Gasteiger partial charge in [-0.2, -0.15) is 4.98 Å². The Morgan fingerprint density at radius 2 is 2.04 bits per heavy atom. The lowest BCUT2D eigenvalue weighted by molar-refractivity contribution is 0.0844. The molecule has 0 aliphatic carbocycles. The highest BCUT2D eigenvalue weighted by molar-refractivity contribution is 8.02. The van der Waals surface area contributed by atoms with Crippen LogP contribution >= 0.6 is 0 Å². The summed E-state index contributed by atoms with van der Waals surface area (Å²) < 4.78 is 18.7. The zero-order valence-electron chi connectivity index (χ0n) is 15.0. The Hall–Kier alpha value is -1.25. The molecule has 2 saturated heterocycles. The highest BCUT2D eigenvalue weighted by Gasteiger charge is 2.36. The topological polar surface area (TPSA) is 78.8 Å². The van der Waals surface area contributed by atoms with Crippen molar-refractivity contribution >= 4 is 21.7 Å². The van der Waals surface area contributed by atoms with Crippen molar-refractivity contribution in [3.8, 4) is 0 Å². The molecule has 0 radical (unpaired) electrons. The molecule has 8 heteroatoms. The zero-order chi connectivity index (χ0) is 17.6. The summed E-state index contributed by atoms with van der Waals surface area (Å²) in [5.41, 5.74) is 0.942. The summed E-state index contributed by atoms with van der Waals surface area (Å²) in [5.74, 6) is 2.21. The third kappa shape index (κ3) is 3.04. The molecule has 2 fully saturated rings. The maximum absolute atomic E-state index is 13.2. The Morgan fingerprint density at radius 3 is 2.68 bits per heavy atom. The summed E-state index contributed by atoms with van der Waals surface area (Å²) in [6.45, 7) is 5.65. The summed E-state index contributed by atoms with van der Waals surface area (Å²) in [6, 6.07) is 0.369. The van der Waals surface area contributed by atoms with Gasteiger partial charge in [0.1, 0.15) is 5.82 Å². The molecule has 0 amide bonds. The molecule has 1 aromatic rings. The van der Waals surface area contributed by atoms with Gasteiger partial charge in [-0.05, 0) is 26.0 Å². The molecule has 7 nitrogen and oxygen atoms in total. The summed E-state index contributed by atoms with van der Waals surface area (Å²) in [6.07, 6.45) is 4.27. The van der Waals surface area contributed by atoms with Gasteiger partial charge in [0.15, 0.2) is 0 Å². The lowest BCUT2D eigenvalue weighted by atomic mass is 10.1. The Balaban J connectivity index is 1.77. The third-order valence-electron chi connectivity index (χ3n) is 5.56. The largest absolute Gasteiger partial charge is 0.389 e. The standard InChI is InChI=1S/C17H28N4O3S/c1-3-21(12-4-7-24-8-5-12)16-15-14(6-9-25(15,2)23)18-17(19-16)20-10-13(22)11-20/h12-13,22,25H,3-11H2,1-2H3. The van der Waals surface area contributed by atoms with Gasteiger partial charge in [-0.15, -0.1) is 0 Å². The number of β-amino-alcohol motifs (C(OH)–C–C–N with tert-alkyl or cyclic N) is 1. The van der Waals surface area contributed by atoms with Crippen LogP contribution in [0, 0.1) is 0 Å². The van der Waals surface area contributed by atoms with Crippen LogP contribution < -0.4 is 9.80 Å². The number of ether oxygens (including phenoxy) is 1. The van der Waals surface area contributed by atoms with Gasteiger partial charge in [0, 0.05) is 51.1 Å². The minimum absolute atomic E-state index is 0.296. The number of aliphatic hydroxyl groups is 1. The van der Waals surface area contributed by atoms with E-state index in [0.717, 1.165) is 55.4 Å². The van der Waals surface area contributed by atoms with E-state index >= 15 is 0 Å². The summed E-state index contributed by atoms with van der Waals surface area (Å²) in [4.78, 5) is 14.8. The Morgan fingerprint density at radius 1 is 1.32 bits per heavy atom. The van der Waals surface area contributed by atoms with Crippen LogP contribution in [0.5, 0.6) is 0 Å². The summed E-state index contributed by atoms with van der Waals surface area (Å²) >= 11 is 0. The van der Waals surface area contributed by atoms with Crippen molar-refractivity contribution in [2.45, 2.75) is 43.2 Å². The molecule has 25 heavy (non-hydrogen) atoms. The second-order valence-electron chi connectivity index (χ2n) is 7.41. The molecule has 1 aromatic heterocycles. The predicted octanol–water partition coefficient (Wildman–Crippen LogP) is 0.224. The highest BCUT2D eigenvalue weighted by Crippen LogP contribution is 2.39. The molecule has 4 heterocycles. The van der Waals surface area contributed by atoms with E-state index in [1.54, 1.807) is 0 Å². The lowest BCUT2D eigenvalue weighted by Crippen LogP contribution is -2.52. The number of fused-ring (bicyclic) bond motifs is 1. The van der Waals surface area contributed by atoms with Crippen LogP contribution in [-0.2, 0) is 21.1 Å². The molecule has 1 N–H and O–H groups in total. The Bertz CT molecular complexity index is 701. The number of anilines is 2. The first kappa shape index (κ1) is 17.2. The molecule has 0 aromatic carbocycles. The van der Waals surface area contributed by atoms with Gasteiger partial charge >= 0.3 is 0 Å². The van der Waals surface area contributed by atoms with Crippen molar-refractivity contribution in [1.29, 1.82) is 0 Å². The second-order valence-corrected chi connectivity index (χ2v) is 10.5. The number of hydrogen-bond donors (Lipinski definition) is 2. The average Bonchev–Trinajstić information content (AvgIpc) is 2.89. The molecule has 0 unspecified atom stereocenters. The van der Waals surface area contributed by atoms with E-state index in [1.165, 1.54) is 0 Å². The number of aromatic nitrogens is 2. The van der Waals surface area contributed by atoms with Crippen molar-refractivity contribution in [2.75, 3.05) is 54.7 Å². The number of aryl methyl sites for hydroxylation is 1. The molecular formula is C17H28N4O3S. The highest BCUT2D eigenvalue weighted by atomic mass is 32.2. The van der Waals surface area contributed by atoms with Crippen LogP contribution in [-0.4, -0.2) is 76.3 Å². The van der Waals surface area contributed by atoms with Crippen LogP contribution in [0.15, 0.2) is 4.90 Å². The van der Waals surface area contributed by atoms with Crippen LogP contribution in [0.25, 0.3) is 0 Å². The zero-order valence-corrected chi connectivity index (χ0v) is 15.9. The van der Waals surface area contributed by atoms with E-state index in [1.807, 2.05) is 11.2 Å². The Kier molecular flexibility index (Phi) is 4.45. The number of aliphatic hydroxyl groups excluding tert-OH is 1. The summed E-state index contributed by atoms with van der Waals surface area (Å²) in [7, 11) is -2.41. The predicted molar refractivity (Wildman–Crippen MR) is 99.4 cm³/mol. The van der Waals surface area contributed by atoms with Gasteiger partial charge in [-0.25, -0.2) is 4.98 Å². The quantitative estimate of drug-likeness (QED) is 0.736. The van der Waals surface area contributed by atoms with Crippen LogP contribution in [0.3, 0.4) is 0 Å². The van der Waals surface area contributed by atoms with Crippen molar-refractivity contribution < 1.29 is 14.1 Å². The first-order valence-corrected chi connectivity index (χ1v) is 11.6. The average molecular weight is 369 g/mol. The van der Waals surface area contributed by atoms with Crippen molar-refractivity contribution in [3.05, 3.63) is 5.69 Å². The Labute approximate surface area is 149 Å². The number of hydrogen-bond acceptors (Lipinski definition) is 7. The van der Waals surface area contributed by atoms with Gasteiger partial charge in [0.05, 0.1) is 16.7 Å². The smallest absolute Gasteiger partial charge is 0.227 e. The van der Waals surface area contributed by atoms with Gasteiger partial charge < -0.3 is 19.6 Å². The van der Waals surface area contributed by atoms with E-state index in [2.05, 4.69) is 11.8 Å². The first-order valence-electron chi connectivity index (χ1n) is 9.25. The fourth-order valence-electron chi connectivity index (χ4n) is 4.10. The van der Waals surface area contributed by atoms with Gasteiger partial charge in [0.2, 0.25) is 5.95 Å². The van der Waals surface area contributed by atoms with E-state index in [9.17, 15) is 9.32 Å². The molecule has 4 rings (SSSR count). The van der Waals surface area contributed by atoms with Gasteiger partial charge in [-0.3, -0.25) is 4.21 Å². The lowest BCUT2D eigenvalue weighted by Gasteiger charge is -2.39. The van der Waals surface area contributed by atoms with Crippen LogP contribution in [0.1, 0.15) is 25.5 Å². The minimum Gasteiger partial charge on any atom is -0.389 e. The molecule has 0 atom stereocenters. The van der Waals surface area contributed by atoms with Crippen LogP contribution in [0.4, 0.5) is 11.8 Å². The molecule has 140 valence electrons. The second kappa shape index (κ2) is 6.48. The fraction of sp³-hybridized carbons (Fsp3) is 0.765. The molecule has 3 aliphatic rings. The summed E-state index contributed by atoms with van der Waals surface area (Å²) in [5, 5.41) is 9.62.